The number of aryl methyl sites for hydroxylation is 1. The van der Waals surface area contributed by atoms with E-state index in [1.165, 1.54) is 9.75 Å². The maximum absolute atomic E-state index is 11.8. The Morgan fingerprint density at radius 1 is 1.50 bits per heavy atom. The molecule has 0 radical (unpaired) electrons. The summed E-state index contributed by atoms with van der Waals surface area (Å²) < 4.78 is 0. The second kappa shape index (κ2) is 7.16. The minimum Gasteiger partial charge on any atom is -0.351 e. The third kappa shape index (κ3) is 4.30. The number of amides is 1. The molecule has 1 aliphatic rings. The van der Waals surface area contributed by atoms with Crippen molar-refractivity contribution in [2.75, 3.05) is 18.1 Å². The van der Waals surface area contributed by atoms with Crippen LogP contribution in [0.3, 0.4) is 0 Å². The standard InChI is InChI=1S/C13H20N2OS2/c1-2-11-3-4-12(18-11)8-15-13(16)7-10-9-17-6-5-14-10/h3-4,10,14H,2,5-9H2,1H3,(H,15,16). The summed E-state index contributed by atoms with van der Waals surface area (Å²) in [5, 5.41) is 6.39. The monoisotopic (exact) mass is 284 g/mol. The molecule has 3 nitrogen and oxygen atoms in total. The first-order valence-electron chi connectivity index (χ1n) is 6.43. The smallest absolute Gasteiger partial charge is 0.221 e. The van der Waals surface area contributed by atoms with Crippen LogP contribution >= 0.6 is 23.1 Å². The molecular weight excluding hydrogens is 264 g/mol. The van der Waals surface area contributed by atoms with Gasteiger partial charge in [0.15, 0.2) is 0 Å². The van der Waals surface area contributed by atoms with Gasteiger partial charge in [0.25, 0.3) is 0 Å². The summed E-state index contributed by atoms with van der Waals surface area (Å²) in [6.45, 7) is 3.84. The number of carbonyl (C=O) groups is 1. The Hall–Kier alpha value is -0.520. The Morgan fingerprint density at radius 2 is 2.33 bits per heavy atom. The van der Waals surface area contributed by atoms with Gasteiger partial charge in [-0.1, -0.05) is 6.92 Å². The van der Waals surface area contributed by atoms with E-state index in [2.05, 4.69) is 29.7 Å². The molecule has 5 heteroatoms. The largest absolute Gasteiger partial charge is 0.351 e. The Morgan fingerprint density at radius 3 is 3.00 bits per heavy atom. The lowest BCUT2D eigenvalue weighted by Gasteiger charge is -2.22. The van der Waals surface area contributed by atoms with Gasteiger partial charge in [-0.15, -0.1) is 11.3 Å². The van der Waals surface area contributed by atoms with Crippen molar-refractivity contribution < 1.29 is 4.79 Å². The number of hydrogen-bond acceptors (Lipinski definition) is 4. The van der Waals surface area contributed by atoms with E-state index in [9.17, 15) is 4.79 Å². The van der Waals surface area contributed by atoms with E-state index in [4.69, 9.17) is 0 Å². The summed E-state index contributed by atoms with van der Waals surface area (Å²) in [6.07, 6.45) is 1.67. The van der Waals surface area contributed by atoms with Crippen LogP contribution in [0.1, 0.15) is 23.1 Å². The second-order valence-electron chi connectivity index (χ2n) is 4.43. The van der Waals surface area contributed by atoms with Crippen LogP contribution in [0.2, 0.25) is 0 Å². The predicted octanol–water partition coefficient (Wildman–Crippen LogP) is 2.02. The van der Waals surface area contributed by atoms with Crippen LogP contribution in [-0.2, 0) is 17.8 Å². The first-order chi connectivity index (χ1) is 8.78. The Kier molecular flexibility index (Phi) is 5.53. The molecule has 100 valence electrons. The molecule has 1 saturated heterocycles. The molecule has 0 bridgehead atoms. The number of thiophene rings is 1. The lowest BCUT2D eigenvalue weighted by atomic mass is 10.2. The highest BCUT2D eigenvalue weighted by Crippen LogP contribution is 2.16. The van der Waals surface area contributed by atoms with Gasteiger partial charge >= 0.3 is 0 Å². The summed E-state index contributed by atoms with van der Waals surface area (Å²) in [6, 6.07) is 4.60. The number of thioether (sulfide) groups is 1. The third-order valence-electron chi connectivity index (χ3n) is 2.96. The average Bonchev–Trinajstić information content (AvgIpc) is 2.85. The van der Waals surface area contributed by atoms with Crippen LogP contribution in [0.5, 0.6) is 0 Å². The molecule has 1 amide bonds. The summed E-state index contributed by atoms with van der Waals surface area (Å²) in [5.41, 5.74) is 0. The van der Waals surface area contributed by atoms with E-state index in [1.807, 2.05) is 11.8 Å². The highest BCUT2D eigenvalue weighted by atomic mass is 32.2. The van der Waals surface area contributed by atoms with Crippen LogP contribution in [0, 0.1) is 0 Å². The topological polar surface area (TPSA) is 41.1 Å². The normalized spacial score (nSPS) is 19.7. The molecule has 1 aliphatic heterocycles. The van der Waals surface area contributed by atoms with Crippen molar-refractivity contribution in [3.8, 4) is 0 Å². The SMILES string of the molecule is CCc1ccc(CNC(=O)CC2CSCCN2)s1. The first kappa shape index (κ1) is 13.9. The fraction of sp³-hybridized carbons (Fsp3) is 0.615. The molecule has 18 heavy (non-hydrogen) atoms. The quantitative estimate of drug-likeness (QED) is 0.869. The van der Waals surface area contributed by atoms with Crippen molar-refractivity contribution >= 4 is 29.0 Å². The highest BCUT2D eigenvalue weighted by molar-refractivity contribution is 7.99. The summed E-state index contributed by atoms with van der Waals surface area (Å²) in [4.78, 5) is 14.4. The number of nitrogens with one attached hydrogen (secondary N) is 2. The van der Waals surface area contributed by atoms with Crippen molar-refractivity contribution in [3.05, 3.63) is 21.9 Å². The molecule has 1 atom stereocenters. The fourth-order valence-electron chi connectivity index (χ4n) is 1.94. The molecule has 1 aromatic heterocycles. The molecule has 2 rings (SSSR count). The summed E-state index contributed by atoms with van der Waals surface area (Å²) in [5.74, 6) is 2.36. The van der Waals surface area contributed by atoms with Crippen molar-refractivity contribution in [1.82, 2.24) is 10.6 Å². The molecule has 0 aliphatic carbocycles. The van der Waals surface area contributed by atoms with Crippen molar-refractivity contribution in [2.24, 2.45) is 0 Å². The van der Waals surface area contributed by atoms with E-state index < -0.39 is 0 Å². The maximum atomic E-state index is 11.8. The second-order valence-corrected chi connectivity index (χ2v) is 6.83. The van der Waals surface area contributed by atoms with Crippen LogP contribution in [-0.4, -0.2) is 30.0 Å². The average molecular weight is 284 g/mol. The Bertz CT molecular complexity index is 386. The van der Waals surface area contributed by atoms with Gasteiger partial charge in [-0.25, -0.2) is 0 Å². The summed E-state index contributed by atoms with van der Waals surface area (Å²) in [7, 11) is 0. The lowest BCUT2D eigenvalue weighted by molar-refractivity contribution is -0.121. The Balaban J connectivity index is 1.70. The van der Waals surface area contributed by atoms with Gasteiger partial charge in [0.1, 0.15) is 0 Å². The van der Waals surface area contributed by atoms with Crippen LogP contribution in [0.4, 0.5) is 0 Å². The summed E-state index contributed by atoms with van der Waals surface area (Å²) >= 11 is 3.71. The van der Waals surface area contributed by atoms with Gasteiger partial charge in [0.05, 0.1) is 6.54 Å². The maximum Gasteiger partial charge on any atom is 0.221 e. The number of hydrogen-bond donors (Lipinski definition) is 2. The minimum absolute atomic E-state index is 0.154. The molecule has 0 saturated carbocycles. The van der Waals surface area contributed by atoms with Gasteiger partial charge in [-0.05, 0) is 18.6 Å². The van der Waals surface area contributed by atoms with Gasteiger partial charge < -0.3 is 10.6 Å². The van der Waals surface area contributed by atoms with Crippen molar-refractivity contribution in [2.45, 2.75) is 32.4 Å². The van der Waals surface area contributed by atoms with E-state index >= 15 is 0 Å². The van der Waals surface area contributed by atoms with E-state index in [0.717, 1.165) is 24.5 Å². The lowest BCUT2D eigenvalue weighted by Crippen LogP contribution is -2.41. The van der Waals surface area contributed by atoms with Gasteiger partial charge in [0.2, 0.25) is 5.91 Å². The number of rotatable bonds is 5. The minimum atomic E-state index is 0.154. The third-order valence-corrected chi connectivity index (χ3v) is 5.32. The van der Waals surface area contributed by atoms with Gasteiger partial charge in [0, 0.05) is 40.3 Å². The van der Waals surface area contributed by atoms with E-state index in [-0.39, 0.29) is 5.91 Å². The zero-order valence-electron chi connectivity index (χ0n) is 10.7. The van der Waals surface area contributed by atoms with Crippen molar-refractivity contribution in [3.63, 3.8) is 0 Å². The van der Waals surface area contributed by atoms with E-state index in [0.29, 0.717) is 19.0 Å². The molecule has 1 fully saturated rings. The molecule has 0 aromatic carbocycles. The highest BCUT2D eigenvalue weighted by Gasteiger charge is 2.16. The van der Waals surface area contributed by atoms with Gasteiger partial charge in [-0.2, -0.15) is 11.8 Å². The fourth-order valence-corrected chi connectivity index (χ4v) is 3.79. The molecule has 2 heterocycles. The molecular formula is C13H20N2OS2. The predicted molar refractivity (Wildman–Crippen MR) is 79.3 cm³/mol. The van der Waals surface area contributed by atoms with Crippen LogP contribution < -0.4 is 10.6 Å². The number of carbonyl (C=O) groups excluding carboxylic acids is 1. The molecule has 1 aromatic rings. The molecule has 1 unspecified atom stereocenters. The van der Waals surface area contributed by atoms with Crippen LogP contribution in [0.15, 0.2) is 12.1 Å². The molecule has 0 spiro atoms. The van der Waals surface area contributed by atoms with Crippen molar-refractivity contribution in [1.29, 1.82) is 0 Å². The Labute approximate surface area is 117 Å². The van der Waals surface area contributed by atoms with E-state index in [1.54, 1.807) is 11.3 Å². The zero-order valence-corrected chi connectivity index (χ0v) is 12.3. The zero-order chi connectivity index (χ0) is 12.8. The van der Waals surface area contributed by atoms with Gasteiger partial charge in [-0.3, -0.25) is 4.79 Å². The first-order valence-corrected chi connectivity index (χ1v) is 8.40. The van der Waals surface area contributed by atoms with Crippen LogP contribution in [0.25, 0.3) is 0 Å². The molecule has 2 N–H and O–H groups in total.